The zero-order chi connectivity index (χ0) is 7.98. The molecule has 6 N–H and O–H groups in total. The molecule has 0 rings (SSSR count). The Hall–Kier alpha value is -1.03. The summed E-state index contributed by atoms with van der Waals surface area (Å²) in [6.07, 6.45) is 1.82. The van der Waals surface area contributed by atoms with E-state index in [-0.39, 0.29) is 12.6 Å². The van der Waals surface area contributed by atoms with E-state index in [2.05, 4.69) is 4.99 Å². The summed E-state index contributed by atoms with van der Waals surface area (Å²) >= 11 is 0. The zero-order valence-electron chi connectivity index (χ0n) is 6.09. The van der Waals surface area contributed by atoms with Gasteiger partial charge in [0.15, 0.2) is 0 Å². The maximum Gasteiger partial charge on any atom is 0.339 e. The largest absolute Gasteiger partial charge is 0.392 e. The van der Waals surface area contributed by atoms with Crippen molar-refractivity contribution in [3.63, 3.8) is 0 Å². The average molecular weight is 144 g/mol. The number of aliphatic hydroxyl groups is 1. The number of hydrogen-bond acceptors (Lipinski definition) is 1. The Balaban J connectivity index is 3.63. The second-order valence-electron chi connectivity index (χ2n) is 2.04. The van der Waals surface area contributed by atoms with E-state index in [1.807, 2.05) is 13.0 Å². The second kappa shape index (κ2) is 4.81. The molecule has 0 unspecified atom stereocenters. The van der Waals surface area contributed by atoms with E-state index in [0.29, 0.717) is 6.54 Å². The highest BCUT2D eigenvalue weighted by atomic mass is 16.3. The summed E-state index contributed by atoms with van der Waals surface area (Å²) in [5, 5.41) is 8.53. The quantitative estimate of drug-likeness (QED) is 0.197. The predicted octanol–water partition coefficient (Wildman–Crippen LogP) is -2.72. The number of nitrogens with one attached hydrogen (secondary N) is 1. The molecule has 0 saturated heterocycles. The molecule has 0 aliphatic heterocycles. The summed E-state index contributed by atoms with van der Waals surface area (Å²) in [5.41, 5.74) is 11.1. The van der Waals surface area contributed by atoms with Crippen molar-refractivity contribution in [2.75, 3.05) is 13.2 Å². The summed E-state index contributed by atoms with van der Waals surface area (Å²) in [5.74, 6) is 0.196. The van der Waals surface area contributed by atoms with Crippen molar-refractivity contribution in [2.24, 2.45) is 11.5 Å². The van der Waals surface area contributed by atoms with Crippen LogP contribution in [0.1, 0.15) is 6.92 Å². The van der Waals surface area contributed by atoms with Gasteiger partial charge in [0.2, 0.25) is 0 Å². The highest BCUT2D eigenvalue weighted by Crippen LogP contribution is 1.84. The molecule has 0 amide bonds. The number of guanidine groups is 1. The lowest BCUT2D eigenvalue weighted by Crippen LogP contribution is -2.77. The molecule has 4 nitrogen and oxygen atoms in total. The van der Waals surface area contributed by atoms with Crippen molar-refractivity contribution in [3.05, 3.63) is 11.6 Å². The van der Waals surface area contributed by atoms with Gasteiger partial charge in [-0.05, 0) is 18.6 Å². The first-order valence-corrected chi connectivity index (χ1v) is 3.05. The van der Waals surface area contributed by atoms with Crippen molar-refractivity contribution in [3.8, 4) is 0 Å². The standard InChI is InChI=1S/C6H13N3O/c1-5(4-10)2-3-9-6(7)8/h2,10H,3-4H2,1H3,(H4,7,8,9)/p+1/b5-2+. The Morgan fingerprint density at radius 3 is 2.60 bits per heavy atom. The monoisotopic (exact) mass is 144 g/mol. The van der Waals surface area contributed by atoms with Gasteiger partial charge < -0.3 is 5.11 Å². The van der Waals surface area contributed by atoms with Gasteiger partial charge in [-0.1, -0.05) is 0 Å². The summed E-state index contributed by atoms with van der Waals surface area (Å²) < 4.78 is 0. The smallest absolute Gasteiger partial charge is 0.339 e. The molecule has 0 bridgehead atoms. The van der Waals surface area contributed by atoms with E-state index in [1.54, 1.807) is 0 Å². The van der Waals surface area contributed by atoms with Crippen LogP contribution in [-0.4, -0.2) is 24.2 Å². The van der Waals surface area contributed by atoms with Gasteiger partial charge in [0.25, 0.3) is 0 Å². The van der Waals surface area contributed by atoms with E-state index >= 15 is 0 Å². The third-order valence-corrected chi connectivity index (χ3v) is 1.01. The number of rotatable bonds is 3. The van der Waals surface area contributed by atoms with E-state index in [4.69, 9.17) is 16.6 Å². The fourth-order valence-corrected chi connectivity index (χ4v) is 0.408. The Morgan fingerprint density at radius 1 is 1.60 bits per heavy atom. The molecule has 10 heavy (non-hydrogen) atoms. The first-order chi connectivity index (χ1) is 4.66. The van der Waals surface area contributed by atoms with Gasteiger partial charge in [-0.25, -0.2) is 0 Å². The maximum absolute atomic E-state index is 8.53. The SMILES string of the molecule is C/C(=C\C[NH+]=C(N)N)CO. The third-order valence-electron chi connectivity index (χ3n) is 1.01. The summed E-state index contributed by atoms with van der Waals surface area (Å²) in [6, 6.07) is 0. The maximum atomic E-state index is 8.53. The number of nitrogens with two attached hydrogens (primary N) is 2. The minimum Gasteiger partial charge on any atom is -0.392 e. The number of aliphatic hydroxyl groups excluding tert-OH is 1. The van der Waals surface area contributed by atoms with Gasteiger partial charge in [-0.15, -0.1) is 0 Å². The molecule has 0 saturated carbocycles. The summed E-state index contributed by atoms with van der Waals surface area (Å²) in [6.45, 7) is 2.47. The molecule has 0 fully saturated rings. The molecule has 0 spiro atoms. The minimum absolute atomic E-state index is 0.0756. The molecule has 0 heterocycles. The van der Waals surface area contributed by atoms with Crippen LogP contribution in [0.15, 0.2) is 11.6 Å². The Morgan fingerprint density at radius 2 is 2.20 bits per heavy atom. The first-order valence-electron chi connectivity index (χ1n) is 3.05. The van der Waals surface area contributed by atoms with Crippen molar-refractivity contribution in [1.29, 1.82) is 0 Å². The van der Waals surface area contributed by atoms with Crippen LogP contribution in [0, 0.1) is 0 Å². The van der Waals surface area contributed by atoms with E-state index in [9.17, 15) is 0 Å². The number of hydrogen-bond donors (Lipinski definition) is 4. The minimum atomic E-state index is 0.0756. The Labute approximate surface area is 60.2 Å². The van der Waals surface area contributed by atoms with Crippen molar-refractivity contribution in [2.45, 2.75) is 6.92 Å². The fourth-order valence-electron chi connectivity index (χ4n) is 0.408. The van der Waals surface area contributed by atoms with Gasteiger partial charge in [0.1, 0.15) is 0 Å². The highest BCUT2D eigenvalue weighted by molar-refractivity contribution is 5.69. The molecular weight excluding hydrogens is 130 g/mol. The van der Waals surface area contributed by atoms with E-state index < -0.39 is 0 Å². The molecule has 0 aromatic rings. The summed E-state index contributed by atoms with van der Waals surface area (Å²) in [7, 11) is 0. The molecule has 0 radical (unpaired) electrons. The van der Waals surface area contributed by atoms with Crippen molar-refractivity contribution < 1.29 is 10.1 Å². The summed E-state index contributed by atoms with van der Waals surface area (Å²) in [4.78, 5) is 2.70. The van der Waals surface area contributed by atoms with Crippen LogP contribution in [0.5, 0.6) is 0 Å². The molecule has 58 valence electrons. The van der Waals surface area contributed by atoms with Gasteiger partial charge in [0, 0.05) is 0 Å². The van der Waals surface area contributed by atoms with Crippen LogP contribution >= 0.6 is 0 Å². The zero-order valence-corrected chi connectivity index (χ0v) is 6.09. The van der Waals surface area contributed by atoms with Crippen LogP contribution in [0.3, 0.4) is 0 Å². The van der Waals surface area contributed by atoms with Gasteiger partial charge >= 0.3 is 5.96 Å². The molecule has 0 aromatic heterocycles. The molecule has 0 aliphatic rings. The topological polar surface area (TPSA) is 86.2 Å². The van der Waals surface area contributed by atoms with Crippen LogP contribution in [0.25, 0.3) is 0 Å². The Bertz CT molecular complexity index is 147. The molecule has 4 heteroatoms. The fraction of sp³-hybridized carbons (Fsp3) is 0.500. The Kier molecular flexibility index (Phi) is 4.32. The normalized spacial score (nSPS) is 11.2. The van der Waals surface area contributed by atoms with Crippen LogP contribution < -0.4 is 16.5 Å². The van der Waals surface area contributed by atoms with Crippen LogP contribution in [-0.2, 0) is 0 Å². The lowest BCUT2D eigenvalue weighted by Gasteiger charge is -1.90. The lowest BCUT2D eigenvalue weighted by molar-refractivity contribution is -0.446. The molecule has 0 atom stereocenters. The predicted molar refractivity (Wildman–Crippen MR) is 40.1 cm³/mol. The van der Waals surface area contributed by atoms with Crippen molar-refractivity contribution >= 4 is 5.96 Å². The van der Waals surface area contributed by atoms with Crippen LogP contribution in [0.4, 0.5) is 0 Å². The van der Waals surface area contributed by atoms with E-state index in [0.717, 1.165) is 5.57 Å². The van der Waals surface area contributed by atoms with Gasteiger partial charge in [-0.2, -0.15) is 0 Å². The third kappa shape index (κ3) is 5.11. The average Bonchev–Trinajstić information content (AvgIpc) is 1.87. The molecule has 0 aromatic carbocycles. The van der Waals surface area contributed by atoms with Gasteiger partial charge in [-0.3, -0.25) is 16.5 Å². The second-order valence-corrected chi connectivity index (χ2v) is 2.04. The van der Waals surface area contributed by atoms with E-state index in [1.165, 1.54) is 0 Å². The highest BCUT2D eigenvalue weighted by Gasteiger charge is 1.85. The van der Waals surface area contributed by atoms with Crippen molar-refractivity contribution in [1.82, 2.24) is 0 Å². The van der Waals surface area contributed by atoms with Crippen LogP contribution in [0.2, 0.25) is 0 Å². The first kappa shape index (κ1) is 8.97. The molecule has 0 aliphatic carbocycles. The van der Waals surface area contributed by atoms with Gasteiger partial charge in [0.05, 0.1) is 13.2 Å². The lowest BCUT2D eigenvalue weighted by atomic mass is 10.3. The molecular formula is C6H14N3O+.